The average molecular weight is 307 g/mol. The third-order valence-electron chi connectivity index (χ3n) is 3.77. The van der Waals surface area contributed by atoms with Crippen molar-refractivity contribution in [2.45, 2.75) is 51.0 Å². The molecule has 120 valence electrons. The van der Waals surface area contributed by atoms with E-state index in [2.05, 4.69) is 5.32 Å². The minimum atomic E-state index is -1.05. The number of benzene rings is 1. The Bertz CT molecular complexity index is 599. The number of carbonyl (C=O) groups excluding carboxylic acids is 1. The summed E-state index contributed by atoms with van der Waals surface area (Å²) in [5.41, 5.74) is -0.933. The number of rotatable bonds is 3. The molecule has 0 atom stereocenters. The van der Waals surface area contributed by atoms with Crippen molar-refractivity contribution in [3.8, 4) is 5.75 Å². The van der Waals surface area contributed by atoms with E-state index in [1.807, 2.05) is 0 Å². The first-order valence-corrected chi connectivity index (χ1v) is 7.21. The third kappa shape index (κ3) is 3.16. The minimum Gasteiger partial charge on any atom is -0.508 e. The van der Waals surface area contributed by atoms with E-state index in [9.17, 15) is 19.8 Å². The summed E-state index contributed by atoms with van der Waals surface area (Å²) in [4.78, 5) is 23.6. The van der Waals surface area contributed by atoms with Gasteiger partial charge < -0.3 is 14.9 Å². The number of aliphatic carboxylic acids is 1. The smallest absolute Gasteiger partial charge is 0.412 e. The normalized spacial score (nSPS) is 16.5. The Balaban J connectivity index is 2.33. The molecule has 0 aliphatic heterocycles. The van der Waals surface area contributed by atoms with Crippen molar-refractivity contribution in [2.24, 2.45) is 0 Å². The molecule has 3 N–H and O–H groups in total. The van der Waals surface area contributed by atoms with Crippen LogP contribution in [0, 0.1) is 0 Å². The maximum absolute atomic E-state index is 11.9. The second kappa shape index (κ2) is 5.51. The Morgan fingerprint density at radius 2 is 1.91 bits per heavy atom. The van der Waals surface area contributed by atoms with Crippen LogP contribution in [0.25, 0.3) is 0 Å². The molecule has 1 saturated carbocycles. The molecule has 0 bridgehead atoms. The molecule has 1 aromatic rings. The number of aromatic hydroxyl groups is 1. The second-order valence-electron chi connectivity index (χ2n) is 6.60. The molecular formula is C16H21NO5. The lowest BCUT2D eigenvalue weighted by Gasteiger charge is -2.39. The lowest BCUT2D eigenvalue weighted by atomic mass is 9.64. The summed E-state index contributed by atoms with van der Waals surface area (Å²) in [7, 11) is 0. The van der Waals surface area contributed by atoms with Crippen molar-refractivity contribution in [2.75, 3.05) is 5.32 Å². The second-order valence-corrected chi connectivity index (χ2v) is 6.60. The van der Waals surface area contributed by atoms with E-state index in [-0.39, 0.29) is 5.75 Å². The molecule has 6 nitrogen and oxygen atoms in total. The van der Waals surface area contributed by atoms with Gasteiger partial charge in [0, 0.05) is 5.69 Å². The minimum absolute atomic E-state index is 0.0303. The molecule has 0 spiro atoms. The largest absolute Gasteiger partial charge is 0.508 e. The number of anilines is 1. The fourth-order valence-corrected chi connectivity index (χ4v) is 2.58. The van der Waals surface area contributed by atoms with E-state index in [4.69, 9.17) is 4.74 Å². The third-order valence-corrected chi connectivity index (χ3v) is 3.77. The maximum Gasteiger partial charge on any atom is 0.412 e. The summed E-state index contributed by atoms with van der Waals surface area (Å²) >= 11 is 0. The first kappa shape index (κ1) is 16.1. The number of phenolic OH excluding ortho intramolecular Hbond substituents is 1. The van der Waals surface area contributed by atoms with Gasteiger partial charge in [0.25, 0.3) is 0 Å². The van der Waals surface area contributed by atoms with Crippen LogP contribution in [0.5, 0.6) is 5.75 Å². The molecule has 0 unspecified atom stereocenters. The predicted octanol–water partition coefficient (Wildman–Crippen LogP) is 3.25. The molecule has 0 radical (unpaired) electrons. The number of carboxylic acids is 1. The summed E-state index contributed by atoms with van der Waals surface area (Å²) < 4.78 is 5.19. The standard InChI is InChI=1S/C16H21NO5/c1-15(2,3)22-14(21)17-12-6-5-10(18)9-11(12)16(13(19)20)7-4-8-16/h5-6,9,18H,4,7-8H2,1-3H3,(H,17,21)(H,19,20). The van der Waals surface area contributed by atoms with Gasteiger partial charge in [0.05, 0.1) is 5.41 Å². The van der Waals surface area contributed by atoms with Gasteiger partial charge in [-0.1, -0.05) is 6.42 Å². The van der Waals surface area contributed by atoms with Crippen LogP contribution >= 0.6 is 0 Å². The van der Waals surface area contributed by atoms with Gasteiger partial charge >= 0.3 is 12.1 Å². The van der Waals surface area contributed by atoms with Gasteiger partial charge in [-0.05, 0) is 57.4 Å². The molecule has 1 amide bonds. The zero-order valence-electron chi connectivity index (χ0n) is 13.0. The summed E-state index contributed by atoms with van der Waals surface area (Å²) in [6.07, 6.45) is 1.11. The van der Waals surface area contributed by atoms with Gasteiger partial charge in [0.1, 0.15) is 11.4 Å². The van der Waals surface area contributed by atoms with Crippen LogP contribution < -0.4 is 5.32 Å². The summed E-state index contributed by atoms with van der Waals surface area (Å²) in [6, 6.07) is 4.31. The number of phenols is 1. The van der Waals surface area contributed by atoms with E-state index in [1.54, 1.807) is 20.8 Å². The van der Waals surface area contributed by atoms with Crippen LogP contribution in [-0.2, 0) is 14.9 Å². The maximum atomic E-state index is 11.9. The Kier molecular flexibility index (Phi) is 4.04. The molecule has 1 aliphatic carbocycles. The van der Waals surface area contributed by atoms with Crippen LogP contribution in [-0.4, -0.2) is 27.9 Å². The number of carboxylic acid groups (broad SMARTS) is 1. The van der Waals surface area contributed by atoms with Crippen LogP contribution in [0.4, 0.5) is 10.5 Å². The van der Waals surface area contributed by atoms with Gasteiger partial charge in [-0.15, -0.1) is 0 Å². The van der Waals surface area contributed by atoms with Crippen molar-refractivity contribution >= 4 is 17.7 Å². The number of carbonyl (C=O) groups is 2. The molecule has 1 aromatic carbocycles. The zero-order valence-corrected chi connectivity index (χ0v) is 13.0. The Labute approximate surface area is 129 Å². The van der Waals surface area contributed by atoms with E-state index < -0.39 is 23.1 Å². The molecule has 0 heterocycles. The molecule has 1 fully saturated rings. The highest BCUT2D eigenvalue weighted by molar-refractivity contribution is 5.91. The SMILES string of the molecule is CC(C)(C)OC(=O)Nc1ccc(O)cc1C1(C(=O)O)CCC1. The van der Waals surface area contributed by atoms with Gasteiger partial charge in [-0.2, -0.15) is 0 Å². The van der Waals surface area contributed by atoms with E-state index >= 15 is 0 Å². The number of nitrogens with one attached hydrogen (secondary N) is 1. The van der Waals surface area contributed by atoms with Gasteiger partial charge in [-0.25, -0.2) is 4.79 Å². The Hall–Kier alpha value is -2.24. The first-order chi connectivity index (χ1) is 10.1. The topological polar surface area (TPSA) is 95.9 Å². The fourth-order valence-electron chi connectivity index (χ4n) is 2.58. The molecule has 2 rings (SSSR count). The highest BCUT2D eigenvalue weighted by Gasteiger charge is 2.47. The van der Waals surface area contributed by atoms with Crippen LogP contribution in [0.15, 0.2) is 18.2 Å². The van der Waals surface area contributed by atoms with Gasteiger partial charge in [0.2, 0.25) is 0 Å². The highest BCUT2D eigenvalue weighted by Crippen LogP contribution is 2.47. The van der Waals surface area contributed by atoms with Gasteiger partial charge in [-0.3, -0.25) is 10.1 Å². The van der Waals surface area contributed by atoms with Gasteiger partial charge in [0.15, 0.2) is 0 Å². The first-order valence-electron chi connectivity index (χ1n) is 7.21. The summed E-state index contributed by atoms with van der Waals surface area (Å²) in [6.45, 7) is 5.24. The number of hydrogen-bond acceptors (Lipinski definition) is 4. The zero-order chi connectivity index (χ0) is 16.5. The number of amides is 1. The average Bonchev–Trinajstić information content (AvgIpc) is 2.28. The van der Waals surface area contributed by atoms with Crippen molar-refractivity contribution < 1.29 is 24.5 Å². The van der Waals surface area contributed by atoms with Crippen molar-refractivity contribution in [1.29, 1.82) is 0 Å². The van der Waals surface area contributed by atoms with E-state index in [1.165, 1.54) is 18.2 Å². The lowest BCUT2D eigenvalue weighted by molar-refractivity contribution is -0.147. The molecule has 0 saturated heterocycles. The van der Waals surface area contributed by atoms with Crippen LogP contribution in [0.3, 0.4) is 0 Å². The highest BCUT2D eigenvalue weighted by atomic mass is 16.6. The predicted molar refractivity (Wildman–Crippen MR) is 81.1 cm³/mol. The Morgan fingerprint density at radius 3 is 2.36 bits per heavy atom. The number of ether oxygens (including phenoxy) is 1. The lowest BCUT2D eigenvalue weighted by Crippen LogP contribution is -2.43. The fraction of sp³-hybridized carbons (Fsp3) is 0.500. The van der Waals surface area contributed by atoms with Crippen molar-refractivity contribution in [3.05, 3.63) is 23.8 Å². The summed E-state index contributed by atoms with van der Waals surface area (Å²) in [5.74, 6) is -0.978. The Morgan fingerprint density at radius 1 is 1.27 bits per heavy atom. The van der Waals surface area contributed by atoms with Crippen LogP contribution in [0.2, 0.25) is 0 Å². The molecule has 1 aliphatic rings. The van der Waals surface area contributed by atoms with Crippen molar-refractivity contribution in [1.82, 2.24) is 0 Å². The monoisotopic (exact) mass is 307 g/mol. The summed E-state index contributed by atoms with van der Waals surface area (Å²) in [5, 5.41) is 21.8. The van der Waals surface area contributed by atoms with Crippen molar-refractivity contribution in [3.63, 3.8) is 0 Å². The quantitative estimate of drug-likeness (QED) is 0.745. The van der Waals surface area contributed by atoms with Crippen LogP contribution in [0.1, 0.15) is 45.6 Å². The van der Waals surface area contributed by atoms with E-state index in [0.717, 1.165) is 6.42 Å². The molecular weight excluding hydrogens is 286 g/mol. The molecule has 0 aromatic heterocycles. The molecule has 6 heteroatoms. The van der Waals surface area contributed by atoms with E-state index in [0.29, 0.717) is 24.1 Å². The molecule has 22 heavy (non-hydrogen) atoms. The number of hydrogen-bond donors (Lipinski definition) is 3.